The van der Waals surface area contributed by atoms with Crippen LogP contribution in [0.1, 0.15) is 34.8 Å². The van der Waals surface area contributed by atoms with Gasteiger partial charge in [0.05, 0.1) is 33.6 Å². The van der Waals surface area contributed by atoms with E-state index in [0.29, 0.717) is 16.2 Å². The number of halogens is 4. The molecule has 2 atom stereocenters. The van der Waals surface area contributed by atoms with E-state index in [1.54, 1.807) is 12.1 Å². The molecular weight excluding hydrogens is 481 g/mol. The van der Waals surface area contributed by atoms with Gasteiger partial charge in [0.15, 0.2) is 23.2 Å². The van der Waals surface area contributed by atoms with Crippen molar-refractivity contribution in [1.29, 1.82) is 0 Å². The molecular formula is C21H20ClF3N4O5. The van der Waals surface area contributed by atoms with E-state index >= 15 is 0 Å². The molecule has 9 nitrogen and oxygen atoms in total. The largest absolute Gasteiger partial charge is 0.493 e. The van der Waals surface area contributed by atoms with E-state index in [0.717, 1.165) is 0 Å². The van der Waals surface area contributed by atoms with Crippen molar-refractivity contribution in [2.75, 3.05) is 32.0 Å². The normalized spacial score (nSPS) is 17.5. The van der Waals surface area contributed by atoms with Crippen LogP contribution in [0.25, 0.3) is 0 Å². The lowest BCUT2D eigenvalue weighted by Gasteiger charge is -2.32. The Morgan fingerprint density at radius 1 is 1.24 bits per heavy atom. The minimum Gasteiger partial charge on any atom is -0.493 e. The fourth-order valence-electron chi connectivity index (χ4n) is 3.75. The maximum atomic E-state index is 13.9. The van der Waals surface area contributed by atoms with Crippen LogP contribution < -0.4 is 24.8 Å². The van der Waals surface area contributed by atoms with Crippen LogP contribution in [-0.4, -0.2) is 43.2 Å². The predicted molar refractivity (Wildman–Crippen MR) is 116 cm³/mol. The first-order valence-electron chi connectivity index (χ1n) is 9.93. The number of aromatic nitrogens is 2. The molecule has 13 heteroatoms. The van der Waals surface area contributed by atoms with Crippen molar-refractivity contribution >= 4 is 29.0 Å². The standard InChI is InChI=1S/C21H20ClF3N4O5/c1-31-13-7-10(8-14(32-2)18(13)33-3)26-20(30)17-16(22)19-27-11(12-5-4-6-34-12)9-15(21(23,24)25)29(19)28-17/h4-8,11,15,27H,9H2,1-3H3,(H,26,30)/t11-,15-/m1/s1. The summed E-state index contributed by atoms with van der Waals surface area (Å²) in [6.45, 7) is 0. The molecule has 0 saturated carbocycles. The minimum atomic E-state index is -4.64. The second-order valence-corrected chi connectivity index (χ2v) is 7.71. The Hall–Kier alpha value is -3.54. The quantitative estimate of drug-likeness (QED) is 0.487. The number of hydrogen-bond acceptors (Lipinski definition) is 7. The number of fused-ring (bicyclic) bond motifs is 1. The van der Waals surface area contributed by atoms with Gasteiger partial charge >= 0.3 is 6.18 Å². The number of furan rings is 1. The van der Waals surface area contributed by atoms with E-state index in [1.165, 1.54) is 39.7 Å². The molecule has 0 unspecified atom stereocenters. The van der Waals surface area contributed by atoms with Gasteiger partial charge in [-0.2, -0.15) is 18.3 Å². The molecule has 2 N–H and O–H groups in total. The maximum absolute atomic E-state index is 13.9. The van der Waals surface area contributed by atoms with Crippen molar-refractivity contribution in [2.24, 2.45) is 0 Å². The fraction of sp³-hybridized carbons (Fsp3) is 0.333. The molecule has 3 heterocycles. The van der Waals surface area contributed by atoms with Crippen LogP contribution in [0.5, 0.6) is 17.2 Å². The van der Waals surface area contributed by atoms with E-state index in [1.807, 2.05) is 0 Å². The van der Waals surface area contributed by atoms with Crippen LogP contribution >= 0.6 is 11.6 Å². The Morgan fingerprint density at radius 2 is 1.91 bits per heavy atom. The van der Waals surface area contributed by atoms with Crippen molar-refractivity contribution in [3.63, 3.8) is 0 Å². The lowest BCUT2D eigenvalue weighted by molar-refractivity contribution is -0.174. The molecule has 0 aliphatic carbocycles. The summed E-state index contributed by atoms with van der Waals surface area (Å²) in [5.74, 6) is 0.200. The van der Waals surface area contributed by atoms with Gasteiger partial charge in [0.2, 0.25) is 5.75 Å². The molecule has 1 aliphatic heterocycles. The van der Waals surface area contributed by atoms with E-state index in [4.69, 9.17) is 30.2 Å². The van der Waals surface area contributed by atoms with Crippen LogP contribution in [0.3, 0.4) is 0 Å². The van der Waals surface area contributed by atoms with Crippen LogP contribution in [0.15, 0.2) is 34.9 Å². The summed E-state index contributed by atoms with van der Waals surface area (Å²) in [6, 6.07) is 3.24. The number of benzene rings is 1. The molecule has 1 aromatic carbocycles. The molecule has 1 amide bonds. The number of hydrogen-bond donors (Lipinski definition) is 2. The number of carbonyl (C=O) groups excluding carboxylic acids is 1. The number of rotatable bonds is 6. The van der Waals surface area contributed by atoms with Gasteiger partial charge in [0.25, 0.3) is 5.91 Å². The second-order valence-electron chi connectivity index (χ2n) is 7.33. The van der Waals surface area contributed by atoms with Crippen LogP contribution in [0.4, 0.5) is 24.7 Å². The Balaban J connectivity index is 1.69. The summed E-state index contributed by atoms with van der Waals surface area (Å²) >= 11 is 6.34. The van der Waals surface area contributed by atoms with Gasteiger partial charge < -0.3 is 29.3 Å². The van der Waals surface area contributed by atoms with Gasteiger partial charge in [0.1, 0.15) is 16.6 Å². The molecule has 4 rings (SSSR count). The van der Waals surface area contributed by atoms with Crippen molar-refractivity contribution < 1.29 is 36.6 Å². The monoisotopic (exact) mass is 500 g/mol. The summed E-state index contributed by atoms with van der Waals surface area (Å²) in [5, 5.41) is 9.10. The van der Waals surface area contributed by atoms with Gasteiger partial charge in [-0.25, -0.2) is 4.68 Å². The number of amides is 1. The second kappa shape index (κ2) is 9.01. The zero-order valence-electron chi connectivity index (χ0n) is 18.2. The highest BCUT2D eigenvalue weighted by Gasteiger charge is 2.48. The van der Waals surface area contributed by atoms with Crippen LogP contribution in [0, 0.1) is 0 Å². The van der Waals surface area contributed by atoms with Crippen LogP contribution in [0.2, 0.25) is 5.02 Å². The molecule has 0 fully saturated rings. The van der Waals surface area contributed by atoms with E-state index in [2.05, 4.69) is 15.7 Å². The van der Waals surface area contributed by atoms with Gasteiger partial charge in [-0.3, -0.25) is 4.79 Å². The molecule has 1 aliphatic rings. The lowest BCUT2D eigenvalue weighted by Crippen LogP contribution is -2.35. The van der Waals surface area contributed by atoms with Gasteiger partial charge in [0, 0.05) is 24.2 Å². The third-order valence-electron chi connectivity index (χ3n) is 5.32. The molecule has 0 saturated heterocycles. The SMILES string of the molecule is COc1cc(NC(=O)c2nn3c(c2Cl)N[C@@H](c2ccco2)C[C@@H]3C(F)(F)F)cc(OC)c1OC. The Morgan fingerprint density at radius 3 is 2.44 bits per heavy atom. The molecule has 34 heavy (non-hydrogen) atoms. The highest BCUT2D eigenvalue weighted by atomic mass is 35.5. The maximum Gasteiger partial charge on any atom is 0.410 e. The summed E-state index contributed by atoms with van der Waals surface area (Å²) in [6.07, 6.45) is -3.67. The number of carbonyl (C=O) groups is 1. The number of anilines is 2. The highest BCUT2D eigenvalue weighted by Crippen LogP contribution is 2.46. The highest BCUT2D eigenvalue weighted by molar-refractivity contribution is 6.36. The number of alkyl halides is 3. The zero-order chi connectivity index (χ0) is 24.6. The lowest BCUT2D eigenvalue weighted by atomic mass is 10.0. The van der Waals surface area contributed by atoms with Gasteiger partial charge in [-0.05, 0) is 12.1 Å². The first kappa shape index (κ1) is 23.6. The molecule has 3 aromatic rings. The number of ether oxygens (including phenoxy) is 3. The Labute approximate surface area is 196 Å². The van der Waals surface area contributed by atoms with Crippen molar-refractivity contribution in [2.45, 2.75) is 24.7 Å². The molecule has 2 aromatic heterocycles. The summed E-state index contributed by atoms with van der Waals surface area (Å²) in [7, 11) is 4.23. The summed E-state index contributed by atoms with van der Waals surface area (Å²) in [5.41, 5.74) is -0.150. The van der Waals surface area contributed by atoms with E-state index in [9.17, 15) is 18.0 Å². The Bertz CT molecular complexity index is 1170. The predicted octanol–water partition coefficient (Wildman–Crippen LogP) is 5.07. The minimum absolute atomic E-state index is 0.133. The first-order valence-corrected chi connectivity index (χ1v) is 10.3. The number of methoxy groups -OCH3 is 3. The smallest absolute Gasteiger partial charge is 0.410 e. The van der Waals surface area contributed by atoms with Crippen molar-refractivity contribution in [3.8, 4) is 17.2 Å². The number of nitrogens with zero attached hydrogens (tertiary/aromatic N) is 2. The fourth-order valence-corrected chi connectivity index (χ4v) is 4.02. The molecule has 0 radical (unpaired) electrons. The third-order valence-corrected chi connectivity index (χ3v) is 5.68. The third kappa shape index (κ3) is 4.20. The summed E-state index contributed by atoms with van der Waals surface area (Å²) in [4.78, 5) is 13.0. The average molecular weight is 501 g/mol. The van der Waals surface area contributed by atoms with Gasteiger partial charge in [-0.15, -0.1) is 0 Å². The Kier molecular flexibility index (Phi) is 6.26. The first-order chi connectivity index (χ1) is 16.2. The van der Waals surface area contributed by atoms with E-state index in [-0.39, 0.29) is 33.7 Å². The zero-order valence-corrected chi connectivity index (χ0v) is 19.0. The van der Waals surface area contributed by atoms with Crippen LogP contribution in [-0.2, 0) is 0 Å². The summed E-state index contributed by atoms with van der Waals surface area (Å²) < 4.78 is 63.3. The molecule has 182 valence electrons. The number of nitrogens with one attached hydrogen (secondary N) is 2. The molecule has 0 bridgehead atoms. The van der Waals surface area contributed by atoms with Crippen molar-refractivity contribution in [1.82, 2.24) is 9.78 Å². The van der Waals surface area contributed by atoms with E-state index < -0.39 is 30.6 Å². The average Bonchev–Trinajstić information content (AvgIpc) is 3.45. The topological polar surface area (TPSA) is 99.8 Å². The van der Waals surface area contributed by atoms with Crippen molar-refractivity contribution in [3.05, 3.63) is 47.0 Å². The molecule has 0 spiro atoms. The van der Waals surface area contributed by atoms with Gasteiger partial charge in [-0.1, -0.05) is 11.6 Å².